The number of benzene rings is 2. The summed E-state index contributed by atoms with van der Waals surface area (Å²) < 4.78 is 3.39. The van der Waals surface area contributed by atoms with Crippen LogP contribution in [-0.4, -0.2) is 56.6 Å². The van der Waals surface area contributed by atoms with Gasteiger partial charge in [0.15, 0.2) is 0 Å². The summed E-state index contributed by atoms with van der Waals surface area (Å²) in [6.45, 7) is 6.96. The van der Waals surface area contributed by atoms with Crippen molar-refractivity contribution in [3.05, 3.63) is 90.0 Å². The Kier molecular flexibility index (Phi) is 5.84. The Morgan fingerprint density at radius 1 is 1.12 bits per heavy atom. The van der Waals surface area contributed by atoms with Crippen molar-refractivity contribution in [1.82, 2.24) is 19.6 Å². The van der Waals surface area contributed by atoms with Crippen molar-refractivity contribution in [2.45, 2.75) is 12.5 Å². The van der Waals surface area contributed by atoms with Crippen molar-refractivity contribution in [3.8, 4) is 5.69 Å². The second kappa shape index (κ2) is 8.59. The number of nitrogens with zero attached hydrogens (tertiary/aromatic N) is 5. The lowest BCUT2D eigenvalue weighted by Crippen LogP contribution is -2.63. The summed E-state index contributed by atoms with van der Waals surface area (Å²) >= 11 is 6.05. The van der Waals surface area contributed by atoms with Crippen LogP contribution in [0.4, 0.5) is 0 Å². The van der Waals surface area contributed by atoms with Crippen molar-refractivity contribution in [2.75, 3.05) is 19.6 Å². The number of rotatable bonds is 4. The number of halogens is 1. The summed E-state index contributed by atoms with van der Waals surface area (Å²) in [6, 6.07) is 16.5. The van der Waals surface area contributed by atoms with E-state index in [4.69, 9.17) is 11.6 Å². The van der Waals surface area contributed by atoms with Crippen LogP contribution in [0.5, 0.6) is 0 Å². The topological polar surface area (TPSA) is 62.3 Å². The highest BCUT2D eigenvalue weighted by molar-refractivity contribution is 6.30. The second-order valence-corrected chi connectivity index (χ2v) is 8.52. The van der Waals surface area contributed by atoms with Gasteiger partial charge >= 0.3 is 11.7 Å². The van der Waals surface area contributed by atoms with Crippen LogP contribution in [0.2, 0.25) is 5.02 Å². The number of para-hydroxylation sites is 1. The molecular weight excluding hydrogens is 426 g/mol. The molecule has 0 spiro atoms. The van der Waals surface area contributed by atoms with Crippen molar-refractivity contribution in [2.24, 2.45) is 7.05 Å². The molecule has 7 nitrogen and oxygen atoms in total. The van der Waals surface area contributed by atoms with Crippen molar-refractivity contribution >= 4 is 23.4 Å². The minimum absolute atomic E-state index is 0.119. The summed E-state index contributed by atoms with van der Waals surface area (Å²) in [6.07, 6.45) is 3.49. The number of carbonyl (C=O) groups is 2. The Balaban J connectivity index is 1.57. The van der Waals surface area contributed by atoms with Gasteiger partial charge in [-0.05, 0) is 37.3 Å². The fourth-order valence-corrected chi connectivity index (χ4v) is 4.14. The number of hydrogen-bond donors (Lipinski definition) is 0. The van der Waals surface area contributed by atoms with Crippen molar-refractivity contribution in [3.63, 3.8) is 0 Å². The van der Waals surface area contributed by atoms with Gasteiger partial charge < -0.3 is 9.80 Å². The molecule has 1 atom stereocenters. The van der Waals surface area contributed by atoms with E-state index in [-0.39, 0.29) is 11.8 Å². The van der Waals surface area contributed by atoms with E-state index in [2.05, 4.69) is 11.7 Å². The predicted octanol–water partition coefficient (Wildman–Crippen LogP) is 2.89. The van der Waals surface area contributed by atoms with Crippen LogP contribution in [0.3, 0.4) is 0 Å². The first kappa shape index (κ1) is 21.8. The van der Waals surface area contributed by atoms with Gasteiger partial charge in [-0.15, -0.1) is 6.58 Å². The van der Waals surface area contributed by atoms with Gasteiger partial charge in [0.25, 0.3) is 5.91 Å². The molecule has 3 aromatic rings. The number of aryl methyl sites for hydroxylation is 1. The summed E-state index contributed by atoms with van der Waals surface area (Å²) in [5.41, 5.74) is 0.648. The van der Waals surface area contributed by atoms with Gasteiger partial charge in [-0.2, -0.15) is 0 Å². The van der Waals surface area contributed by atoms with Gasteiger partial charge in [-0.3, -0.25) is 9.59 Å². The molecule has 1 saturated heterocycles. The number of amides is 2. The normalized spacial score (nSPS) is 18.5. The van der Waals surface area contributed by atoms with E-state index in [1.54, 1.807) is 62.8 Å². The Labute approximate surface area is 192 Å². The molecule has 0 N–H and O–H groups in total. The Hall–Kier alpha value is -3.45. The standard InChI is InChI=1S/C24H25ClN5O2/c1-4-24(2)16-28(22(31)18-9-8-10-19(25)15-18)13-14-29(24)23(32)21-26-30(17-27(21)3)20-11-6-5-7-12-20/h4-12,15,17H,1,13-14,16H2,2-3H3/q+1. The van der Waals surface area contributed by atoms with Gasteiger partial charge in [-0.25, -0.2) is 4.57 Å². The third-order valence-electron chi connectivity index (χ3n) is 5.80. The molecule has 1 aliphatic heterocycles. The van der Waals surface area contributed by atoms with Gasteiger partial charge in [0.2, 0.25) is 6.33 Å². The monoisotopic (exact) mass is 450 g/mol. The molecule has 0 aliphatic carbocycles. The highest BCUT2D eigenvalue weighted by Crippen LogP contribution is 2.26. The molecule has 8 heteroatoms. The lowest BCUT2D eigenvalue weighted by Gasteiger charge is -2.46. The minimum atomic E-state index is -0.743. The zero-order chi connectivity index (χ0) is 22.9. The first-order chi connectivity index (χ1) is 15.3. The number of piperazine rings is 1. The third-order valence-corrected chi connectivity index (χ3v) is 6.03. The van der Waals surface area contributed by atoms with Gasteiger partial charge in [0, 0.05) is 30.2 Å². The fourth-order valence-electron chi connectivity index (χ4n) is 3.95. The number of hydrogen-bond acceptors (Lipinski definition) is 3. The Morgan fingerprint density at radius 3 is 2.56 bits per heavy atom. The Morgan fingerprint density at radius 2 is 1.88 bits per heavy atom. The molecule has 1 unspecified atom stereocenters. The molecule has 2 amide bonds. The van der Waals surface area contributed by atoms with Crippen LogP contribution in [0.1, 0.15) is 27.9 Å². The fraction of sp³-hybridized carbons (Fsp3) is 0.250. The number of carbonyl (C=O) groups excluding carboxylic acids is 2. The SMILES string of the molecule is C=CC1(C)CN(C(=O)c2cccc(Cl)c2)CCN1C(=O)c1nn(-c2ccccc2)c[n+]1C. The first-order valence-electron chi connectivity index (χ1n) is 10.3. The summed E-state index contributed by atoms with van der Waals surface area (Å²) in [5, 5.41) is 5.04. The van der Waals surface area contributed by atoms with E-state index >= 15 is 0 Å². The smallest absolute Gasteiger partial charge is 0.334 e. The average molecular weight is 451 g/mol. The maximum absolute atomic E-state index is 13.5. The molecule has 0 radical (unpaired) electrons. The lowest BCUT2D eigenvalue weighted by molar-refractivity contribution is -0.674. The zero-order valence-corrected chi connectivity index (χ0v) is 18.9. The molecule has 2 aromatic carbocycles. The molecule has 1 aliphatic rings. The van der Waals surface area contributed by atoms with Crippen LogP contribution in [-0.2, 0) is 7.05 Å². The molecular formula is C24H25ClN5O2+. The average Bonchev–Trinajstić information content (AvgIpc) is 3.20. The lowest BCUT2D eigenvalue weighted by atomic mass is 9.95. The maximum Gasteiger partial charge on any atom is 0.367 e. The van der Waals surface area contributed by atoms with E-state index in [9.17, 15) is 9.59 Å². The molecule has 0 saturated carbocycles. The second-order valence-electron chi connectivity index (χ2n) is 8.09. The number of aromatic nitrogens is 3. The summed E-state index contributed by atoms with van der Waals surface area (Å²) in [4.78, 5) is 30.0. The van der Waals surface area contributed by atoms with Crippen LogP contribution >= 0.6 is 11.6 Å². The van der Waals surface area contributed by atoms with E-state index in [0.29, 0.717) is 36.0 Å². The molecule has 2 heterocycles. The van der Waals surface area contributed by atoms with Crippen molar-refractivity contribution in [1.29, 1.82) is 0 Å². The summed E-state index contributed by atoms with van der Waals surface area (Å²) in [5.74, 6) is -0.0115. The minimum Gasteiger partial charge on any atom is -0.334 e. The van der Waals surface area contributed by atoms with Crippen molar-refractivity contribution < 1.29 is 14.2 Å². The highest BCUT2D eigenvalue weighted by atomic mass is 35.5. The first-order valence-corrected chi connectivity index (χ1v) is 10.7. The Bertz CT molecular complexity index is 1180. The van der Waals surface area contributed by atoms with Crippen LogP contribution in [0.25, 0.3) is 5.69 Å². The third kappa shape index (κ3) is 4.03. The highest BCUT2D eigenvalue weighted by Gasteiger charge is 2.43. The van der Waals surface area contributed by atoms with E-state index in [1.807, 2.05) is 37.3 Å². The molecule has 0 bridgehead atoms. The van der Waals surface area contributed by atoms with Crippen LogP contribution in [0, 0.1) is 0 Å². The largest absolute Gasteiger partial charge is 0.367 e. The molecule has 164 valence electrons. The predicted molar refractivity (Wildman–Crippen MR) is 122 cm³/mol. The van der Waals surface area contributed by atoms with Crippen LogP contribution < -0.4 is 4.57 Å². The van der Waals surface area contributed by atoms with Crippen LogP contribution in [0.15, 0.2) is 73.6 Å². The van der Waals surface area contributed by atoms with Gasteiger partial charge in [-0.1, -0.05) is 46.6 Å². The molecule has 32 heavy (non-hydrogen) atoms. The molecule has 1 aromatic heterocycles. The van der Waals surface area contributed by atoms with Gasteiger partial charge in [0.05, 0.1) is 17.7 Å². The zero-order valence-electron chi connectivity index (χ0n) is 18.1. The molecule has 4 rings (SSSR count). The van der Waals surface area contributed by atoms with E-state index in [1.165, 1.54) is 0 Å². The van der Waals surface area contributed by atoms with E-state index in [0.717, 1.165) is 5.69 Å². The van der Waals surface area contributed by atoms with E-state index < -0.39 is 5.54 Å². The molecule has 1 fully saturated rings. The van der Waals surface area contributed by atoms with Gasteiger partial charge in [0.1, 0.15) is 5.69 Å². The maximum atomic E-state index is 13.5. The summed E-state index contributed by atoms with van der Waals surface area (Å²) in [7, 11) is 1.80. The quantitative estimate of drug-likeness (QED) is 0.453.